The van der Waals surface area contributed by atoms with Crippen molar-refractivity contribution in [3.05, 3.63) is 42.0 Å². The number of unbranched alkanes of at least 4 members (excludes halogenated alkanes) is 5. The fourth-order valence-corrected chi connectivity index (χ4v) is 4.09. The molecule has 0 unspecified atom stereocenters. The standard InChI is InChI=1S/C28H47N7O2.C2HF3O2/c1-2-3-18-31-26(29)32-19-12-6-4-5-7-13-20-35-21-14-8-9-15-22-37-25-17-11-10-16-24(25)23-33-27(30)34-28(35)36;3-2(4,5)1(6)7/h2-3,10-11,16-17H,4-9,12-15,18-23H2,1H3,(H3,29,31,32)(H3,30,33,34,36);(H,6,7)/b3-2+;. The van der Waals surface area contributed by atoms with Crippen molar-refractivity contribution in [3.63, 3.8) is 0 Å². The minimum atomic E-state index is -5.08. The number of alkyl halides is 3. The Labute approximate surface area is 258 Å². The van der Waals surface area contributed by atoms with E-state index in [0.717, 1.165) is 88.7 Å². The van der Waals surface area contributed by atoms with Crippen LogP contribution in [0.2, 0.25) is 0 Å². The van der Waals surface area contributed by atoms with Gasteiger partial charge in [-0.1, -0.05) is 68.9 Å². The van der Waals surface area contributed by atoms with Gasteiger partial charge in [0.05, 0.1) is 19.7 Å². The predicted octanol–water partition coefficient (Wildman–Crippen LogP) is 4.92. The molecule has 14 heteroatoms. The molecule has 1 aliphatic rings. The lowest BCUT2D eigenvalue weighted by Gasteiger charge is -2.23. The number of allylic oxidation sites excluding steroid dienone is 1. The van der Waals surface area contributed by atoms with Crippen LogP contribution in [0.1, 0.15) is 76.7 Å². The predicted molar refractivity (Wildman–Crippen MR) is 167 cm³/mol. The van der Waals surface area contributed by atoms with Gasteiger partial charge in [0.1, 0.15) is 5.75 Å². The molecule has 0 atom stereocenters. The third-order valence-corrected chi connectivity index (χ3v) is 6.50. The van der Waals surface area contributed by atoms with Gasteiger partial charge in [0.25, 0.3) is 0 Å². The molecule has 1 heterocycles. The van der Waals surface area contributed by atoms with E-state index >= 15 is 0 Å². The van der Waals surface area contributed by atoms with Crippen molar-refractivity contribution < 1.29 is 32.6 Å². The van der Waals surface area contributed by atoms with Crippen molar-refractivity contribution in [1.82, 2.24) is 15.5 Å². The van der Waals surface area contributed by atoms with E-state index in [1.165, 1.54) is 6.42 Å². The third-order valence-electron chi connectivity index (χ3n) is 6.50. The first-order chi connectivity index (χ1) is 21.0. The summed E-state index contributed by atoms with van der Waals surface area (Å²) in [5.74, 6) is -1.28. The van der Waals surface area contributed by atoms with E-state index in [4.69, 9.17) is 26.1 Å². The molecule has 1 aliphatic heterocycles. The lowest BCUT2D eigenvalue weighted by molar-refractivity contribution is -0.192. The van der Waals surface area contributed by atoms with Gasteiger partial charge in [0.15, 0.2) is 11.9 Å². The zero-order valence-electron chi connectivity index (χ0n) is 25.6. The molecule has 0 bridgehead atoms. The van der Waals surface area contributed by atoms with Crippen LogP contribution in [0.15, 0.2) is 46.4 Å². The van der Waals surface area contributed by atoms with E-state index in [0.29, 0.717) is 25.7 Å². The molecule has 248 valence electrons. The van der Waals surface area contributed by atoms with Crippen molar-refractivity contribution in [2.45, 2.75) is 83.9 Å². The Balaban J connectivity index is 0.00000123. The van der Waals surface area contributed by atoms with Crippen LogP contribution in [0.5, 0.6) is 5.75 Å². The molecule has 0 aliphatic carbocycles. The Kier molecular flexibility index (Phi) is 19.5. The lowest BCUT2D eigenvalue weighted by atomic mass is 10.1. The van der Waals surface area contributed by atoms with Crippen LogP contribution in [0.3, 0.4) is 0 Å². The average molecular weight is 628 g/mol. The number of fused-ring (bicyclic) bond motifs is 1. The lowest BCUT2D eigenvalue weighted by Crippen LogP contribution is -2.46. The number of urea groups is 1. The van der Waals surface area contributed by atoms with Crippen LogP contribution in [0.25, 0.3) is 0 Å². The Bertz CT molecular complexity index is 1070. The summed E-state index contributed by atoms with van der Waals surface area (Å²) in [5.41, 5.74) is 12.8. The number of carboxylic acids is 1. The fraction of sp³-hybridized carbons (Fsp3) is 0.600. The summed E-state index contributed by atoms with van der Waals surface area (Å²) in [4.78, 5) is 32.2. The number of halogens is 3. The number of ether oxygens (including phenoxy) is 1. The third kappa shape index (κ3) is 18.5. The molecule has 0 aromatic heterocycles. The van der Waals surface area contributed by atoms with E-state index in [9.17, 15) is 18.0 Å². The SMILES string of the molecule is C/C=C/CN=C(N)NCCCCCCCCN1CCCCCCOc2ccccc2CN=C(N)NC1=O.O=C(O)C(F)(F)F. The molecular weight excluding hydrogens is 579 g/mol. The number of carbonyl (C=O) groups is 2. The zero-order chi connectivity index (χ0) is 32.6. The molecule has 44 heavy (non-hydrogen) atoms. The highest BCUT2D eigenvalue weighted by Gasteiger charge is 2.38. The first-order valence-corrected chi connectivity index (χ1v) is 15.1. The maximum Gasteiger partial charge on any atom is 0.490 e. The Morgan fingerprint density at radius 2 is 1.80 bits per heavy atom. The second-order valence-electron chi connectivity index (χ2n) is 10.1. The summed E-state index contributed by atoms with van der Waals surface area (Å²) in [5, 5.41) is 13.1. The summed E-state index contributed by atoms with van der Waals surface area (Å²) < 4.78 is 37.7. The van der Waals surface area contributed by atoms with Crippen molar-refractivity contribution in [1.29, 1.82) is 0 Å². The van der Waals surface area contributed by atoms with Gasteiger partial charge in [0.2, 0.25) is 0 Å². The molecule has 7 N–H and O–H groups in total. The van der Waals surface area contributed by atoms with Gasteiger partial charge in [0, 0.05) is 25.2 Å². The number of guanidine groups is 2. The smallest absolute Gasteiger partial charge is 0.490 e. The average Bonchev–Trinajstić information content (AvgIpc) is 2.98. The van der Waals surface area contributed by atoms with Crippen LogP contribution in [-0.2, 0) is 11.3 Å². The highest BCUT2D eigenvalue weighted by molar-refractivity contribution is 5.95. The van der Waals surface area contributed by atoms with Crippen LogP contribution in [0.4, 0.5) is 18.0 Å². The van der Waals surface area contributed by atoms with Crippen molar-refractivity contribution in [3.8, 4) is 5.75 Å². The Hall–Kier alpha value is -3.97. The molecule has 2 rings (SSSR count). The first-order valence-electron chi connectivity index (χ1n) is 15.1. The van der Waals surface area contributed by atoms with Crippen molar-refractivity contribution in [2.75, 3.05) is 32.8 Å². The van der Waals surface area contributed by atoms with Crippen LogP contribution < -0.4 is 26.8 Å². The maximum absolute atomic E-state index is 12.9. The Morgan fingerprint density at radius 1 is 1.14 bits per heavy atom. The van der Waals surface area contributed by atoms with E-state index < -0.39 is 12.1 Å². The normalized spacial score (nSPS) is 15.5. The topological polar surface area (TPSA) is 168 Å². The summed E-state index contributed by atoms with van der Waals surface area (Å²) in [6, 6.07) is 7.68. The van der Waals surface area contributed by atoms with E-state index in [2.05, 4.69) is 20.6 Å². The van der Waals surface area contributed by atoms with Gasteiger partial charge in [-0.3, -0.25) is 5.32 Å². The molecule has 1 aromatic carbocycles. The summed E-state index contributed by atoms with van der Waals surface area (Å²) >= 11 is 0. The van der Waals surface area contributed by atoms with Crippen LogP contribution in [-0.4, -0.2) is 72.9 Å². The van der Waals surface area contributed by atoms with Crippen molar-refractivity contribution >= 4 is 23.9 Å². The quantitative estimate of drug-likeness (QED) is 0.100. The minimum absolute atomic E-state index is 0.140. The van der Waals surface area contributed by atoms with Gasteiger partial charge in [-0.25, -0.2) is 19.6 Å². The number of carbonyl (C=O) groups excluding carboxylic acids is 1. The number of rotatable bonds is 11. The van der Waals surface area contributed by atoms with E-state index in [-0.39, 0.29) is 12.0 Å². The number of nitrogens with two attached hydrogens (primary N) is 2. The molecule has 1 aromatic rings. The molecule has 0 saturated heterocycles. The number of para-hydroxylation sites is 1. The number of benzene rings is 1. The van der Waals surface area contributed by atoms with Crippen molar-refractivity contribution in [2.24, 2.45) is 21.5 Å². The zero-order valence-corrected chi connectivity index (χ0v) is 25.6. The largest absolute Gasteiger partial charge is 0.493 e. The van der Waals surface area contributed by atoms with Gasteiger partial charge in [-0.2, -0.15) is 13.2 Å². The van der Waals surface area contributed by atoms with Crippen LogP contribution >= 0.6 is 0 Å². The summed E-state index contributed by atoms with van der Waals surface area (Å²) in [7, 11) is 0. The van der Waals surface area contributed by atoms with Gasteiger partial charge < -0.3 is 31.5 Å². The van der Waals surface area contributed by atoms with E-state index in [1.807, 2.05) is 48.2 Å². The molecule has 2 amide bonds. The number of aliphatic imine (C=N–C) groups is 2. The maximum atomic E-state index is 12.9. The second kappa shape index (κ2) is 22.6. The highest BCUT2D eigenvalue weighted by Crippen LogP contribution is 2.19. The highest BCUT2D eigenvalue weighted by atomic mass is 19.4. The molecule has 0 saturated carbocycles. The molecular formula is C30H48F3N7O4. The summed E-state index contributed by atoms with van der Waals surface area (Å²) in [6.07, 6.45) is 9.60. The number of carboxylic acid groups (broad SMARTS) is 1. The number of hydrogen-bond acceptors (Lipinski definition) is 6. The number of nitrogens with zero attached hydrogens (tertiary/aromatic N) is 3. The minimum Gasteiger partial charge on any atom is -0.493 e. The molecule has 0 radical (unpaired) electrons. The fourth-order valence-electron chi connectivity index (χ4n) is 4.09. The van der Waals surface area contributed by atoms with E-state index in [1.54, 1.807) is 0 Å². The molecule has 0 spiro atoms. The van der Waals surface area contributed by atoms with Gasteiger partial charge >= 0.3 is 18.2 Å². The molecule has 0 fully saturated rings. The Morgan fingerprint density at radius 3 is 2.50 bits per heavy atom. The number of aliphatic carboxylic acids is 1. The molecule has 11 nitrogen and oxygen atoms in total. The van der Waals surface area contributed by atoms with Crippen LogP contribution in [0, 0.1) is 0 Å². The second-order valence-corrected chi connectivity index (χ2v) is 10.1. The summed E-state index contributed by atoms with van der Waals surface area (Å²) in [6.45, 7) is 5.94. The first kappa shape index (κ1) is 38.1. The number of hydrogen-bond donors (Lipinski definition) is 5. The number of amides is 2. The van der Waals surface area contributed by atoms with Gasteiger partial charge in [-0.15, -0.1) is 0 Å². The monoisotopic (exact) mass is 627 g/mol. The van der Waals surface area contributed by atoms with Gasteiger partial charge in [-0.05, 0) is 38.7 Å². The number of nitrogens with one attached hydrogen (secondary N) is 2.